The summed E-state index contributed by atoms with van der Waals surface area (Å²) >= 11 is 0. The van der Waals surface area contributed by atoms with Crippen molar-refractivity contribution in [2.75, 3.05) is 60.4 Å². The molecule has 3 rings (SSSR count). The number of rotatable bonds is 4. The summed E-state index contributed by atoms with van der Waals surface area (Å²) < 4.78 is 6.15. The Kier molecular flexibility index (Phi) is 13.6. The summed E-state index contributed by atoms with van der Waals surface area (Å²) in [6, 6.07) is 0. The van der Waals surface area contributed by atoms with Crippen LogP contribution in [0.15, 0.2) is 0 Å². The topological polar surface area (TPSA) is 31.0 Å². The molecule has 0 spiro atoms. The van der Waals surface area contributed by atoms with E-state index < -0.39 is 0 Å². The van der Waals surface area contributed by atoms with Gasteiger partial charge in [-0.2, -0.15) is 0 Å². The summed E-state index contributed by atoms with van der Waals surface area (Å²) in [5.74, 6) is 0. The van der Waals surface area contributed by atoms with Crippen molar-refractivity contribution < 1.29 is 4.74 Å². The summed E-state index contributed by atoms with van der Waals surface area (Å²) in [5, 5.41) is 3.26. The van der Waals surface area contributed by atoms with Crippen molar-refractivity contribution >= 4 is 0 Å². The largest absolute Gasteiger partial charge is 0.375 e. The van der Waals surface area contributed by atoms with Crippen LogP contribution in [0.3, 0.4) is 0 Å². The minimum Gasteiger partial charge on any atom is -0.375 e. The van der Waals surface area contributed by atoms with E-state index in [1.54, 1.807) is 0 Å². The fraction of sp³-hybridized carbons (Fsp3) is 1.00. The third-order valence-corrected chi connectivity index (χ3v) is 6.11. The average molecular weight is 385 g/mol. The summed E-state index contributed by atoms with van der Waals surface area (Å²) in [4.78, 5) is 7.25. The van der Waals surface area contributed by atoms with Gasteiger partial charge < -0.3 is 19.9 Å². The Morgan fingerprint density at radius 1 is 0.741 bits per heavy atom. The average Bonchev–Trinajstić information content (AvgIpc) is 2.72. The third kappa shape index (κ3) is 10.2. The maximum absolute atomic E-state index is 6.15. The lowest BCUT2D eigenvalue weighted by molar-refractivity contribution is -0.0532. The summed E-state index contributed by atoms with van der Waals surface area (Å²) in [6.45, 7) is 13.4. The first-order valence-electron chi connectivity index (χ1n) is 11.5. The Morgan fingerprint density at radius 2 is 1.22 bits per heavy atom. The second-order valence-corrected chi connectivity index (χ2v) is 8.20. The molecule has 0 bridgehead atoms. The van der Waals surface area contributed by atoms with E-state index in [1.165, 1.54) is 84.2 Å². The molecule has 1 N–H and O–H groups in total. The van der Waals surface area contributed by atoms with Gasteiger partial charge in [-0.25, -0.2) is 0 Å². The molecular formula is C22H48N4O. The lowest BCUT2D eigenvalue weighted by atomic mass is 9.97. The van der Waals surface area contributed by atoms with Gasteiger partial charge in [0, 0.05) is 39.3 Å². The Hall–Kier alpha value is -0.200. The zero-order valence-electron chi connectivity index (χ0n) is 19.2. The lowest BCUT2D eigenvalue weighted by Crippen LogP contribution is -2.51. The van der Waals surface area contributed by atoms with E-state index in [1.807, 2.05) is 20.9 Å². The van der Waals surface area contributed by atoms with Crippen LogP contribution in [0.2, 0.25) is 0 Å². The molecule has 1 aliphatic carbocycles. The molecule has 1 unspecified atom stereocenters. The van der Waals surface area contributed by atoms with Crippen LogP contribution in [0.4, 0.5) is 0 Å². The fourth-order valence-corrected chi connectivity index (χ4v) is 3.99. The van der Waals surface area contributed by atoms with Crippen LogP contribution in [0.25, 0.3) is 0 Å². The van der Waals surface area contributed by atoms with Crippen LogP contribution in [-0.2, 0) is 4.74 Å². The van der Waals surface area contributed by atoms with Gasteiger partial charge in [-0.05, 0) is 53.8 Å². The molecule has 5 nitrogen and oxygen atoms in total. The molecule has 162 valence electrons. The molecule has 0 amide bonds. The predicted octanol–water partition coefficient (Wildman–Crippen LogP) is 3.26. The number of piperazine rings is 1. The zero-order valence-corrected chi connectivity index (χ0v) is 19.2. The number of piperidine rings is 1. The number of hydrogen-bond acceptors (Lipinski definition) is 5. The van der Waals surface area contributed by atoms with Crippen LogP contribution in [0.5, 0.6) is 0 Å². The Labute approximate surface area is 169 Å². The highest BCUT2D eigenvalue weighted by Gasteiger charge is 2.22. The first-order chi connectivity index (χ1) is 13.1. The minimum atomic E-state index is 0.531. The molecule has 0 radical (unpaired) electrons. The van der Waals surface area contributed by atoms with Crippen molar-refractivity contribution in [1.29, 1.82) is 0 Å². The molecule has 0 aromatic rings. The van der Waals surface area contributed by atoms with Gasteiger partial charge in [0.15, 0.2) is 0 Å². The smallest absolute Gasteiger partial charge is 0.0603 e. The number of likely N-dealkylation sites (tertiary alicyclic amines) is 1. The molecule has 5 heteroatoms. The number of nitrogens with zero attached hydrogens (tertiary/aromatic N) is 3. The monoisotopic (exact) mass is 384 g/mol. The molecule has 2 aliphatic heterocycles. The number of likely N-dealkylation sites (N-methyl/N-ethyl adjacent to an activating group) is 1. The second-order valence-electron chi connectivity index (χ2n) is 8.20. The minimum absolute atomic E-state index is 0.531. The van der Waals surface area contributed by atoms with Gasteiger partial charge >= 0.3 is 0 Å². The van der Waals surface area contributed by atoms with E-state index in [0.29, 0.717) is 18.4 Å². The highest BCUT2D eigenvalue weighted by atomic mass is 16.5. The molecule has 0 aromatic carbocycles. The summed E-state index contributed by atoms with van der Waals surface area (Å²) in [6.07, 6.45) is 11.0. The van der Waals surface area contributed by atoms with E-state index >= 15 is 0 Å². The maximum atomic E-state index is 6.15. The Balaban J connectivity index is 0.000000254. The van der Waals surface area contributed by atoms with E-state index in [2.05, 4.69) is 41.0 Å². The van der Waals surface area contributed by atoms with Gasteiger partial charge in [-0.3, -0.25) is 4.90 Å². The summed E-state index contributed by atoms with van der Waals surface area (Å²) in [7, 11) is 6.40. The quantitative estimate of drug-likeness (QED) is 0.804. The van der Waals surface area contributed by atoms with Crippen LogP contribution in [0.1, 0.15) is 65.7 Å². The predicted molar refractivity (Wildman–Crippen MR) is 117 cm³/mol. The van der Waals surface area contributed by atoms with E-state index in [0.717, 1.165) is 0 Å². The SMILES string of the molecule is CC.CN1CCC(OC2CCCCC2)CC1.CNC(C)N1CCN(C)CC1. The van der Waals surface area contributed by atoms with Crippen molar-refractivity contribution in [2.45, 2.75) is 84.1 Å². The van der Waals surface area contributed by atoms with Crippen LogP contribution in [0, 0.1) is 0 Å². The lowest BCUT2D eigenvalue weighted by Gasteiger charge is -2.36. The molecule has 1 atom stereocenters. The molecule has 0 aromatic heterocycles. The van der Waals surface area contributed by atoms with Gasteiger partial charge in [0.1, 0.15) is 0 Å². The van der Waals surface area contributed by atoms with E-state index in [-0.39, 0.29) is 0 Å². The van der Waals surface area contributed by atoms with Gasteiger partial charge in [-0.1, -0.05) is 33.1 Å². The fourth-order valence-electron chi connectivity index (χ4n) is 3.99. The van der Waals surface area contributed by atoms with Crippen molar-refractivity contribution in [1.82, 2.24) is 20.0 Å². The Bertz CT molecular complexity index is 333. The van der Waals surface area contributed by atoms with Crippen LogP contribution >= 0.6 is 0 Å². The molecule has 2 saturated heterocycles. The third-order valence-electron chi connectivity index (χ3n) is 6.11. The van der Waals surface area contributed by atoms with Gasteiger partial charge in [-0.15, -0.1) is 0 Å². The molecule has 3 fully saturated rings. The van der Waals surface area contributed by atoms with Gasteiger partial charge in [0.05, 0.1) is 18.4 Å². The number of ether oxygens (including phenoxy) is 1. The molecule has 2 heterocycles. The first-order valence-corrected chi connectivity index (χ1v) is 11.5. The van der Waals surface area contributed by atoms with Crippen molar-refractivity contribution in [3.63, 3.8) is 0 Å². The highest BCUT2D eigenvalue weighted by molar-refractivity contribution is 4.74. The normalized spacial score (nSPS) is 25.1. The second kappa shape index (κ2) is 14.7. The van der Waals surface area contributed by atoms with Gasteiger partial charge in [0.2, 0.25) is 0 Å². The number of nitrogens with one attached hydrogen (secondary N) is 1. The van der Waals surface area contributed by atoms with Crippen LogP contribution < -0.4 is 5.32 Å². The number of hydrogen-bond donors (Lipinski definition) is 1. The van der Waals surface area contributed by atoms with E-state index in [9.17, 15) is 0 Å². The molecule has 1 saturated carbocycles. The molecular weight excluding hydrogens is 336 g/mol. The van der Waals surface area contributed by atoms with Crippen molar-refractivity contribution in [3.8, 4) is 0 Å². The van der Waals surface area contributed by atoms with E-state index in [4.69, 9.17) is 4.74 Å². The molecule has 3 aliphatic rings. The first kappa shape index (κ1) is 24.8. The highest BCUT2D eigenvalue weighted by Crippen LogP contribution is 2.24. The van der Waals surface area contributed by atoms with Crippen molar-refractivity contribution in [3.05, 3.63) is 0 Å². The standard InChI is InChI=1S/C12H23NO.C8H19N3.C2H6/c1-13-9-7-12(8-10-13)14-11-5-3-2-4-6-11;1-8(9-2)11-6-4-10(3)5-7-11;1-2/h11-12H,2-10H2,1H3;8-9H,4-7H2,1-3H3;1-2H3. The maximum Gasteiger partial charge on any atom is 0.0603 e. The van der Waals surface area contributed by atoms with Crippen molar-refractivity contribution in [2.24, 2.45) is 0 Å². The van der Waals surface area contributed by atoms with Gasteiger partial charge in [0.25, 0.3) is 0 Å². The summed E-state index contributed by atoms with van der Waals surface area (Å²) in [5.41, 5.74) is 0. The molecule has 27 heavy (non-hydrogen) atoms. The van der Waals surface area contributed by atoms with Crippen LogP contribution in [-0.4, -0.2) is 93.5 Å². The Morgan fingerprint density at radius 3 is 1.74 bits per heavy atom. The zero-order chi connectivity index (χ0) is 20.1.